The topological polar surface area (TPSA) is 53.7 Å². The summed E-state index contributed by atoms with van der Waals surface area (Å²) in [5.74, 6) is 0. The van der Waals surface area contributed by atoms with E-state index in [0.29, 0.717) is 13.2 Å². The molecule has 0 aromatic rings. The minimum atomic E-state index is -2.86. The van der Waals surface area contributed by atoms with Crippen molar-refractivity contribution in [1.82, 2.24) is 0 Å². The molecule has 0 saturated carbocycles. The normalized spacial score (nSPS) is 14.2. The highest BCUT2D eigenvalue weighted by Gasteiger charge is 2.38. The van der Waals surface area contributed by atoms with Crippen LogP contribution in [0, 0.1) is 0 Å². The summed E-state index contributed by atoms with van der Waals surface area (Å²) >= 11 is 0. The molecule has 0 radical (unpaired) electrons. The van der Waals surface area contributed by atoms with Crippen LogP contribution < -0.4 is 5.40 Å². The van der Waals surface area contributed by atoms with Gasteiger partial charge in [0.1, 0.15) is 0 Å². The molecule has 0 heterocycles. The standard InChI is InChI=1S/C10H25NO3Si/c1-5-8-9-10(4)14-15(11,12-6-2)13-7-3/h10H,5-9,11H2,1-4H3. The summed E-state index contributed by atoms with van der Waals surface area (Å²) in [7, 11) is -2.86. The second-order valence-electron chi connectivity index (χ2n) is 3.54. The van der Waals surface area contributed by atoms with Crippen LogP contribution in [0.15, 0.2) is 0 Å². The van der Waals surface area contributed by atoms with Crippen molar-refractivity contribution in [2.45, 2.75) is 53.1 Å². The molecule has 0 aliphatic heterocycles. The van der Waals surface area contributed by atoms with E-state index in [4.69, 9.17) is 18.7 Å². The van der Waals surface area contributed by atoms with Crippen LogP contribution in [0.4, 0.5) is 0 Å². The maximum Gasteiger partial charge on any atom is 0.594 e. The third-order valence-electron chi connectivity index (χ3n) is 2.02. The lowest BCUT2D eigenvalue weighted by Crippen LogP contribution is -2.57. The molecule has 0 amide bonds. The average Bonchev–Trinajstić information content (AvgIpc) is 2.15. The molecule has 92 valence electrons. The number of hydrogen-bond acceptors (Lipinski definition) is 4. The van der Waals surface area contributed by atoms with Crippen molar-refractivity contribution in [3.63, 3.8) is 0 Å². The quantitative estimate of drug-likeness (QED) is 0.621. The van der Waals surface area contributed by atoms with Gasteiger partial charge in [0.15, 0.2) is 0 Å². The molecule has 0 aliphatic rings. The van der Waals surface area contributed by atoms with Crippen LogP contribution in [-0.4, -0.2) is 28.3 Å². The Bertz CT molecular complexity index is 152. The molecule has 1 unspecified atom stereocenters. The maximum absolute atomic E-state index is 5.96. The van der Waals surface area contributed by atoms with Gasteiger partial charge in [0.05, 0.1) is 0 Å². The Labute approximate surface area is 94.5 Å². The first-order valence-electron chi connectivity index (χ1n) is 5.82. The lowest BCUT2D eigenvalue weighted by atomic mass is 10.2. The molecule has 0 saturated heterocycles. The first-order chi connectivity index (χ1) is 7.08. The molecule has 0 aromatic heterocycles. The van der Waals surface area contributed by atoms with Gasteiger partial charge >= 0.3 is 8.97 Å². The third kappa shape index (κ3) is 7.02. The monoisotopic (exact) mass is 235 g/mol. The van der Waals surface area contributed by atoms with Crippen molar-refractivity contribution in [1.29, 1.82) is 0 Å². The third-order valence-corrected chi connectivity index (χ3v) is 4.13. The van der Waals surface area contributed by atoms with Gasteiger partial charge < -0.3 is 13.3 Å². The highest BCUT2D eigenvalue weighted by molar-refractivity contribution is 6.57. The van der Waals surface area contributed by atoms with Gasteiger partial charge in [-0.25, -0.2) is 0 Å². The summed E-state index contributed by atoms with van der Waals surface area (Å²) < 4.78 is 16.5. The Hall–Kier alpha value is 0.0569. The molecule has 0 aliphatic carbocycles. The van der Waals surface area contributed by atoms with Crippen molar-refractivity contribution in [3.05, 3.63) is 0 Å². The van der Waals surface area contributed by atoms with E-state index < -0.39 is 8.97 Å². The van der Waals surface area contributed by atoms with Gasteiger partial charge in [-0.15, -0.1) is 0 Å². The minimum absolute atomic E-state index is 0.111. The van der Waals surface area contributed by atoms with Crippen molar-refractivity contribution in [2.75, 3.05) is 13.2 Å². The van der Waals surface area contributed by atoms with Gasteiger partial charge in [-0.1, -0.05) is 19.8 Å². The van der Waals surface area contributed by atoms with E-state index in [1.165, 1.54) is 0 Å². The fraction of sp³-hybridized carbons (Fsp3) is 1.00. The summed E-state index contributed by atoms with van der Waals surface area (Å²) in [5.41, 5.74) is 0. The number of unbranched alkanes of at least 4 members (excludes halogenated alkanes) is 1. The van der Waals surface area contributed by atoms with E-state index >= 15 is 0 Å². The van der Waals surface area contributed by atoms with Crippen LogP contribution in [0.25, 0.3) is 0 Å². The van der Waals surface area contributed by atoms with Crippen LogP contribution in [0.5, 0.6) is 0 Å². The summed E-state index contributed by atoms with van der Waals surface area (Å²) in [6.07, 6.45) is 3.42. The molecule has 15 heavy (non-hydrogen) atoms. The molecule has 0 fully saturated rings. The summed E-state index contributed by atoms with van der Waals surface area (Å²) in [6.45, 7) is 9.03. The molecule has 1 atom stereocenters. The Balaban J connectivity index is 4.02. The number of hydrogen-bond donors (Lipinski definition) is 1. The number of rotatable bonds is 9. The van der Waals surface area contributed by atoms with Gasteiger partial charge in [-0.05, 0) is 27.2 Å². The van der Waals surface area contributed by atoms with E-state index in [2.05, 4.69) is 6.92 Å². The van der Waals surface area contributed by atoms with Gasteiger partial charge in [-0.2, -0.15) is 0 Å². The SMILES string of the molecule is CCCCC(C)O[Si](N)(OCC)OCC. The van der Waals surface area contributed by atoms with Gasteiger partial charge in [0.25, 0.3) is 0 Å². The molecular formula is C10H25NO3Si. The van der Waals surface area contributed by atoms with Crippen LogP contribution in [0.1, 0.15) is 47.0 Å². The van der Waals surface area contributed by atoms with Crippen LogP contribution in [0.2, 0.25) is 0 Å². The molecule has 4 nitrogen and oxygen atoms in total. The van der Waals surface area contributed by atoms with Crippen molar-refractivity contribution >= 4 is 8.97 Å². The Morgan fingerprint density at radius 3 is 2.07 bits per heavy atom. The fourth-order valence-corrected chi connectivity index (χ4v) is 3.05. The maximum atomic E-state index is 5.96. The lowest BCUT2D eigenvalue weighted by molar-refractivity contribution is 0.0357. The second-order valence-corrected chi connectivity index (χ2v) is 5.56. The number of nitrogens with two attached hydrogens (primary N) is 1. The van der Waals surface area contributed by atoms with Crippen LogP contribution >= 0.6 is 0 Å². The summed E-state index contributed by atoms with van der Waals surface area (Å²) in [5, 5.41) is 5.96. The molecule has 5 heteroatoms. The largest absolute Gasteiger partial charge is 0.594 e. The highest BCUT2D eigenvalue weighted by atomic mass is 28.4. The minimum Gasteiger partial charge on any atom is -0.361 e. The zero-order chi connectivity index (χ0) is 11.7. The Kier molecular flexibility index (Phi) is 8.27. The van der Waals surface area contributed by atoms with Crippen molar-refractivity contribution in [3.8, 4) is 0 Å². The van der Waals surface area contributed by atoms with E-state index in [-0.39, 0.29) is 6.10 Å². The van der Waals surface area contributed by atoms with Crippen LogP contribution in [0.3, 0.4) is 0 Å². The summed E-state index contributed by atoms with van der Waals surface area (Å²) in [6, 6.07) is 0. The van der Waals surface area contributed by atoms with Gasteiger partial charge in [0, 0.05) is 19.3 Å². The smallest absolute Gasteiger partial charge is 0.361 e. The van der Waals surface area contributed by atoms with Crippen molar-refractivity contribution in [2.24, 2.45) is 5.40 Å². The van der Waals surface area contributed by atoms with Gasteiger partial charge in [-0.3, -0.25) is 5.40 Å². The van der Waals surface area contributed by atoms with Crippen molar-refractivity contribution < 1.29 is 13.3 Å². The molecule has 0 spiro atoms. The predicted molar refractivity (Wildman–Crippen MR) is 63.3 cm³/mol. The lowest BCUT2D eigenvalue weighted by Gasteiger charge is -2.27. The Morgan fingerprint density at radius 2 is 1.67 bits per heavy atom. The molecule has 0 aromatic carbocycles. The van der Waals surface area contributed by atoms with E-state index in [0.717, 1.165) is 19.3 Å². The fourth-order valence-electron chi connectivity index (χ4n) is 1.34. The average molecular weight is 235 g/mol. The van der Waals surface area contributed by atoms with Crippen LogP contribution in [-0.2, 0) is 13.3 Å². The Morgan fingerprint density at radius 1 is 1.13 bits per heavy atom. The highest BCUT2D eigenvalue weighted by Crippen LogP contribution is 2.11. The van der Waals surface area contributed by atoms with E-state index in [1.807, 2.05) is 20.8 Å². The van der Waals surface area contributed by atoms with E-state index in [1.54, 1.807) is 0 Å². The van der Waals surface area contributed by atoms with Gasteiger partial charge in [0.2, 0.25) is 0 Å². The molecular weight excluding hydrogens is 210 g/mol. The zero-order valence-electron chi connectivity index (χ0n) is 10.4. The molecule has 0 bridgehead atoms. The first-order valence-corrected chi connectivity index (χ1v) is 7.62. The first kappa shape index (κ1) is 15.1. The predicted octanol–water partition coefficient (Wildman–Crippen LogP) is 2.05. The molecule has 0 rings (SSSR count). The summed E-state index contributed by atoms with van der Waals surface area (Å²) in [4.78, 5) is 0. The second kappa shape index (κ2) is 8.24. The molecule has 2 N–H and O–H groups in total. The van der Waals surface area contributed by atoms with E-state index in [9.17, 15) is 0 Å². The zero-order valence-corrected chi connectivity index (χ0v) is 11.4.